The van der Waals surface area contributed by atoms with Gasteiger partial charge in [0.15, 0.2) is 0 Å². The van der Waals surface area contributed by atoms with Crippen molar-refractivity contribution in [2.45, 2.75) is 0 Å². The Hall–Kier alpha value is 0.339. The van der Waals surface area contributed by atoms with Crippen LogP contribution in [0.1, 0.15) is 0 Å². The SMILES string of the molecule is O=C(O)CS.[SeH2]. The first-order valence-electron chi connectivity index (χ1n) is 1.10. The molecule has 0 amide bonds. The zero-order valence-electron chi connectivity index (χ0n) is 3.01. The van der Waals surface area contributed by atoms with Crippen molar-refractivity contribution in [1.29, 1.82) is 0 Å². The molecule has 0 fully saturated rings. The number of carboxylic acids is 1. The molecular formula is C2H6O2SSe. The van der Waals surface area contributed by atoms with E-state index in [-0.39, 0.29) is 22.8 Å². The molecule has 0 saturated carbocycles. The predicted molar refractivity (Wildman–Crippen MR) is 30.0 cm³/mol. The Balaban J connectivity index is 0. The molecule has 0 aliphatic heterocycles. The molecule has 0 saturated heterocycles. The molecule has 0 spiro atoms. The summed E-state index contributed by atoms with van der Waals surface area (Å²) in [6.45, 7) is 0. The van der Waals surface area contributed by atoms with Crippen LogP contribution in [0.25, 0.3) is 0 Å². The minimum absolute atomic E-state index is 0. The molecule has 0 aromatic heterocycles. The normalized spacial score (nSPS) is 6.17. The molecule has 0 aromatic carbocycles. The molecule has 0 bridgehead atoms. The molecule has 6 heavy (non-hydrogen) atoms. The number of thiol groups is 1. The molecule has 0 radical (unpaired) electrons. The van der Waals surface area contributed by atoms with E-state index in [1.807, 2.05) is 0 Å². The Morgan fingerprint density at radius 2 is 2.00 bits per heavy atom. The van der Waals surface area contributed by atoms with Gasteiger partial charge in [0.05, 0.1) is 5.75 Å². The second-order valence-electron chi connectivity index (χ2n) is 0.552. The first-order chi connectivity index (χ1) is 2.27. The Bertz CT molecular complexity index is 46.8. The molecule has 0 rings (SSSR count). The summed E-state index contributed by atoms with van der Waals surface area (Å²) in [5.41, 5.74) is 0. The molecular weight excluding hydrogens is 167 g/mol. The van der Waals surface area contributed by atoms with Gasteiger partial charge in [0.2, 0.25) is 0 Å². The molecule has 0 atom stereocenters. The van der Waals surface area contributed by atoms with E-state index in [9.17, 15) is 4.79 Å². The van der Waals surface area contributed by atoms with Crippen LogP contribution < -0.4 is 0 Å². The van der Waals surface area contributed by atoms with E-state index < -0.39 is 5.97 Å². The van der Waals surface area contributed by atoms with Gasteiger partial charge in [-0.05, 0) is 0 Å². The second kappa shape index (κ2) is 5.34. The van der Waals surface area contributed by atoms with Gasteiger partial charge in [-0.3, -0.25) is 4.79 Å². The van der Waals surface area contributed by atoms with Gasteiger partial charge >= 0.3 is 23.0 Å². The van der Waals surface area contributed by atoms with E-state index in [1.165, 1.54) is 0 Å². The summed E-state index contributed by atoms with van der Waals surface area (Å²) in [6, 6.07) is 0. The Labute approximate surface area is 51.8 Å². The number of carbonyl (C=O) groups is 1. The summed E-state index contributed by atoms with van der Waals surface area (Å²) in [6.07, 6.45) is 0. The minimum atomic E-state index is -0.881. The van der Waals surface area contributed by atoms with Gasteiger partial charge in [0.1, 0.15) is 0 Å². The third-order valence-electron chi connectivity index (χ3n) is 0.135. The zero-order valence-corrected chi connectivity index (χ0v) is 6.00. The van der Waals surface area contributed by atoms with Crippen LogP contribution in [0.5, 0.6) is 0 Å². The van der Waals surface area contributed by atoms with E-state index >= 15 is 0 Å². The summed E-state index contributed by atoms with van der Waals surface area (Å²) in [4.78, 5) is 9.29. The first kappa shape index (κ1) is 9.60. The molecule has 38 valence electrons. The van der Waals surface area contributed by atoms with Gasteiger partial charge in [-0.25, -0.2) is 0 Å². The van der Waals surface area contributed by atoms with E-state index in [2.05, 4.69) is 12.6 Å². The maximum atomic E-state index is 9.29. The molecule has 0 heterocycles. The van der Waals surface area contributed by atoms with Crippen LogP contribution in [0.2, 0.25) is 0 Å². The van der Waals surface area contributed by atoms with Crippen molar-refractivity contribution in [3.63, 3.8) is 0 Å². The van der Waals surface area contributed by atoms with E-state index in [0.29, 0.717) is 0 Å². The molecule has 0 unspecified atom stereocenters. The third kappa shape index (κ3) is 8.84. The molecule has 2 nitrogen and oxygen atoms in total. The molecule has 4 heteroatoms. The Morgan fingerprint density at radius 1 is 1.83 bits per heavy atom. The Kier molecular flexibility index (Phi) is 8.54. The quantitative estimate of drug-likeness (QED) is 0.397. The standard InChI is InChI=1S/C2H4O2S.H2Se/c3-2(4)1-5;/h5H,1H2,(H,3,4);1H2. The van der Waals surface area contributed by atoms with Crippen LogP contribution in [0.3, 0.4) is 0 Å². The fourth-order valence-electron chi connectivity index (χ4n) is 0. The van der Waals surface area contributed by atoms with Crippen LogP contribution in [0.15, 0.2) is 0 Å². The monoisotopic (exact) mass is 174 g/mol. The van der Waals surface area contributed by atoms with Crippen molar-refractivity contribution in [2.75, 3.05) is 5.75 Å². The van der Waals surface area contributed by atoms with Crippen molar-refractivity contribution < 1.29 is 9.90 Å². The molecule has 0 aliphatic carbocycles. The van der Waals surface area contributed by atoms with Gasteiger partial charge in [-0.15, -0.1) is 0 Å². The summed E-state index contributed by atoms with van der Waals surface area (Å²) in [5.74, 6) is -0.965. The first-order valence-corrected chi connectivity index (χ1v) is 1.73. The van der Waals surface area contributed by atoms with E-state index in [4.69, 9.17) is 5.11 Å². The summed E-state index contributed by atoms with van der Waals surface area (Å²) >= 11 is 3.42. The Morgan fingerprint density at radius 3 is 2.00 bits per heavy atom. The van der Waals surface area contributed by atoms with Crippen molar-refractivity contribution in [2.24, 2.45) is 0 Å². The van der Waals surface area contributed by atoms with Crippen LogP contribution in [0, 0.1) is 0 Å². The predicted octanol–water partition coefficient (Wildman–Crippen LogP) is -0.915. The van der Waals surface area contributed by atoms with Crippen LogP contribution >= 0.6 is 12.6 Å². The van der Waals surface area contributed by atoms with Crippen molar-refractivity contribution in [3.8, 4) is 0 Å². The van der Waals surface area contributed by atoms with Crippen LogP contribution in [0.4, 0.5) is 0 Å². The zero-order chi connectivity index (χ0) is 4.28. The number of hydrogen-bond acceptors (Lipinski definition) is 2. The number of aliphatic carboxylic acids is 1. The number of carboxylic acid groups (broad SMARTS) is 1. The fraction of sp³-hybridized carbons (Fsp3) is 0.500. The van der Waals surface area contributed by atoms with Gasteiger partial charge in [0, 0.05) is 0 Å². The number of hydrogen-bond donors (Lipinski definition) is 2. The average molecular weight is 173 g/mol. The topological polar surface area (TPSA) is 37.3 Å². The molecule has 0 aromatic rings. The molecule has 0 aliphatic rings. The third-order valence-corrected chi connectivity index (χ3v) is 0.406. The average Bonchev–Trinajstić information content (AvgIpc) is 1.38. The summed E-state index contributed by atoms with van der Waals surface area (Å²) in [5, 5.41) is 7.65. The van der Waals surface area contributed by atoms with Crippen molar-refractivity contribution in [1.82, 2.24) is 0 Å². The fourth-order valence-corrected chi connectivity index (χ4v) is 0. The van der Waals surface area contributed by atoms with E-state index in [0.717, 1.165) is 0 Å². The van der Waals surface area contributed by atoms with E-state index in [1.54, 1.807) is 0 Å². The van der Waals surface area contributed by atoms with Gasteiger partial charge in [-0.2, -0.15) is 12.6 Å². The van der Waals surface area contributed by atoms with Gasteiger partial charge in [-0.1, -0.05) is 0 Å². The van der Waals surface area contributed by atoms with Crippen molar-refractivity contribution >= 4 is 35.7 Å². The summed E-state index contributed by atoms with van der Waals surface area (Å²) in [7, 11) is 0. The maximum absolute atomic E-state index is 9.29. The summed E-state index contributed by atoms with van der Waals surface area (Å²) < 4.78 is 0. The molecule has 1 N–H and O–H groups in total. The van der Waals surface area contributed by atoms with Gasteiger partial charge in [0.25, 0.3) is 0 Å². The second-order valence-corrected chi connectivity index (χ2v) is 0.868. The van der Waals surface area contributed by atoms with Crippen molar-refractivity contribution in [3.05, 3.63) is 0 Å². The van der Waals surface area contributed by atoms with Gasteiger partial charge < -0.3 is 5.11 Å². The van der Waals surface area contributed by atoms with Crippen LogP contribution in [-0.2, 0) is 4.79 Å². The van der Waals surface area contributed by atoms with Crippen LogP contribution in [-0.4, -0.2) is 33.9 Å². The number of rotatable bonds is 1.